The smallest absolute Gasteiger partial charge is 0.416 e. The number of piperidine rings is 1. The first-order valence-electron chi connectivity index (χ1n) is 10.8. The summed E-state index contributed by atoms with van der Waals surface area (Å²) in [7, 11) is 2.19. The molecule has 0 unspecified atom stereocenters. The molecule has 3 N–H and O–H groups in total. The van der Waals surface area contributed by atoms with E-state index in [1.165, 1.54) is 38.4 Å². The maximum atomic E-state index is 12.8. The molecule has 1 aromatic rings. The normalized spacial score (nSPS) is 21.5. The van der Waals surface area contributed by atoms with Crippen molar-refractivity contribution in [3.8, 4) is 5.75 Å². The average molecular weight is 436 g/mol. The molecule has 2 aliphatic heterocycles. The van der Waals surface area contributed by atoms with Crippen LogP contribution in [0.4, 0.5) is 13.2 Å². The summed E-state index contributed by atoms with van der Waals surface area (Å²) in [6, 6.07) is 3.01. The predicted octanol–water partition coefficient (Wildman–Crippen LogP) is 5.28. The molecule has 4 rings (SSSR count). The number of rotatable bonds is 1. The first-order valence-corrected chi connectivity index (χ1v) is 10.8. The van der Waals surface area contributed by atoms with Crippen molar-refractivity contribution < 1.29 is 18.3 Å². The van der Waals surface area contributed by atoms with Crippen molar-refractivity contribution in [2.75, 3.05) is 26.7 Å². The molecule has 31 heavy (non-hydrogen) atoms. The van der Waals surface area contributed by atoms with Gasteiger partial charge >= 0.3 is 6.18 Å². The summed E-state index contributed by atoms with van der Waals surface area (Å²) in [4.78, 5) is 6.89. The Morgan fingerprint density at radius 1 is 1.13 bits per heavy atom. The van der Waals surface area contributed by atoms with E-state index in [0.29, 0.717) is 23.5 Å². The summed E-state index contributed by atoms with van der Waals surface area (Å²) in [6.45, 7) is 7.10. The second kappa shape index (κ2) is 9.07. The highest BCUT2D eigenvalue weighted by molar-refractivity contribution is 6.16. The minimum atomic E-state index is -4.50. The maximum absolute atomic E-state index is 12.8. The molecular formula is C24H32F3N3O. The largest absolute Gasteiger partial charge is 0.507 e. The Hall–Kier alpha value is -2.28. The lowest BCUT2D eigenvalue weighted by Gasteiger charge is -2.25. The minimum Gasteiger partial charge on any atom is -0.507 e. The number of phenolic OH excluding ortho intramolecular Hbond substituents is 1. The zero-order valence-electron chi connectivity index (χ0n) is 18.5. The number of halogens is 3. The summed E-state index contributed by atoms with van der Waals surface area (Å²) in [5, 5.41) is 10.2. The van der Waals surface area contributed by atoms with E-state index in [1.807, 2.05) is 6.08 Å². The van der Waals surface area contributed by atoms with Gasteiger partial charge in [-0.05, 0) is 86.7 Å². The van der Waals surface area contributed by atoms with Gasteiger partial charge in [-0.15, -0.1) is 0 Å². The van der Waals surface area contributed by atoms with Crippen LogP contribution in [0.15, 0.2) is 46.1 Å². The zero-order chi connectivity index (χ0) is 22.8. The van der Waals surface area contributed by atoms with E-state index < -0.39 is 17.5 Å². The van der Waals surface area contributed by atoms with E-state index in [1.54, 1.807) is 0 Å². The van der Waals surface area contributed by atoms with Crippen LogP contribution in [-0.4, -0.2) is 42.4 Å². The molecule has 170 valence electrons. The monoisotopic (exact) mass is 435 g/mol. The van der Waals surface area contributed by atoms with Gasteiger partial charge < -0.3 is 15.7 Å². The van der Waals surface area contributed by atoms with Gasteiger partial charge in [-0.1, -0.05) is 20.3 Å². The number of hydrogen-bond donors (Lipinski definition) is 2. The molecule has 2 heterocycles. The lowest BCUT2D eigenvalue weighted by atomic mass is 9.80. The van der Waals surface area contributed by atoms with Gasteiger partial charge in [0.2, 0.25) is 0 Å². The number of nitrogens with zero attached hydrogens (tertiary/aromatic N) is 2. The highest BCUT2D eigenvalue weighted by atomic mass is 19.4. The predicted molar refractivity (Wildman–Crippen MR) is 118 cm³/mol. The van der Waals surface area contributed by atoms with Gasteiger partial charge in [0.05, 0.1) is 17.8 Å². The molecule has 1 saturated heterocycles. The van der Waals surface area contributed by atoms with Crippen molar-refractivity contribution in [1.82, 2.24) is 4.90 Å². The fraction of sp³-hybridized carbons (Fsp3) is 0.542. The van der Waals surface area contributed by atoms with Crippen LogP contribution in [0.25, 0.3) is 0 Å². The van der Waals surface area contributed by atoms with E-state index in [0.717, 1.165) is 36.1 Å². The van der Waals surface area contributed by atoms with Crippen LogP contribution in [-0.2, 0) is 6.18 Å². The number of alkyl halides is 3. The number of benzene rings is 1. The van der Waals surface area contributed by atoms with Crippen LogP contribution in [0, 0.1) is 5.41 Å². The molecule has 0 atom stereocenters. The molecule has 0 saturated carbocycles. The molecule has 0 aromatic heterocycles. The number of likely N-dealkylation sites (tertiary alicyclic amines) is 1. The Balaban J connectivity index is 0.000000330. The van der Waals surface area contributed by atoms with Crippen molar-refractivity contribution in [3.05, 3.63) is 52.2 Å². The molecule has 7 heteroatoms. The number of phenols is 1. The molecule has 0 spiro atoms. The number of aliphatic imine (C=N–C) groups is 1. The van der Waals surface area contributed by atoms with E-state index in [4.69, 9.17) is 5.73 Å². The highest BCUT2D eigenvalue weighted by Gasteiger charge is 2.38. The number of allylic oxidation sites excluding steroid dienone is 2. The van der Waals surface area contributed by atoms with E-state index in [-0.39, 0.29) is 5.41 Å². The minimum absolute atomic E-state index is 0.202. The zero-order valence-corrected chi connectivity index (χ0v) is 18.5. The molecule has 0 amide bonds. The van der Waals surface area contributed by atoms with Gasteiger partial charge in [0.25, 0.3) is 0 Å². The summed E-state index contributed by atoms with van der Waals surface area (Å²) < 4.78 is 38.5. The van der Waals surface area contributed by atoms with E-state index in [2.05, 4.69) is 30.8 Å². The molecule has 1 fully saturated rings. The fourth-order valence-electron chi connectivity index (χ4n) is 4.47. The number of nitrogens with two attached hydrogens (primary N) is 1. The summed E-state index contributed by atoms with van der Waals surface area (Å²) >= 11 is 0. The van der Waals surface area contributed by atoms with Crippen LogP contribution < -0.4 is 5.73 Å². The molecular weight excluding hydrogens is 403 g/mol. The van der Waals surface area contributed by atoms with Crippen molar-refractivity contribution in [2.45, 2.75) is 52.1 Å². The summed E-state index contributed by atoms with van der Waals surface area (Å²) in [5.41, 5.74) is 8.46. The molecule has 3 aliphatic rings. The third kappa shape index (κ3) is 5.32. The van der Waals surface area contributed by atoms with Crippen LogP contribution >= 0.6 is 0 Å². The first-order chi connectivity index (χ1) is 14.5. The topological polar surface area (TPSA) is 61.9 Å². The molecule has 0 bridgehead atoms. The third-order valence-corrected chi connectivity index (χ3v) is 6.28. The molecule has 4 nitrogen and oxygen atoms in total. The fourth-order valence-corrected chi connectivity index (χ4v) is 4.47. The Bertz CT molecular complexity index is 907. The van der Waals surface area contributed by atoms with Crippen molar-refractivity contribution in [1.29, 1.82) is 0 Å². The second-order valence-electron chi connectivity index (χ2n) is 9.18. The number of aromatic hydroxyl groups is 1. The van der Waals surface area contributed by atoms with Gasteiger partial charge in [0.1, 0.15) is 5.75 Å². The van der Waals surface area contributed by atoms with Crippen LogP contribution in [0.2, 0.25) is 0 Å². The SMILES string of the molecule is CC1(C)CCC2=C1C(c1ccc(C(F)(F)F)cc1O)=NCC=C2N.CN1CCCCC1. The van der Waals surface area contributed by atoms with Gasteiger partial charge in [-0.2, -0.15) is 13.2 Å². The highest BCUT2D eigenvalue weighted by Crippen LogP contribution is 2.47. The summed E-state index contributed by atoms with van der Waals surface area (Å²) in [6.07, 6.45) is 3.27. The Morgan fingerprint density at radius 2 is 1.81 bits per heavy atom. The van der Waals surface area contributed by atoms with Gasteiger partial charge in [0.15, 0.2) is 0 Å². The van der Waals surface area contributed by atoms with Crippen molar-refractivity contribution >= 4 is 5.71 Å². The third-order valence-electron chi connectivity index (χ3n) is 6.28. The van der Waals surface area contributed by atoms with Crippen molar-refractivity contribution in [2.24, 2.45) is 16.1 Å². The quantitative estimate of drug-likeness (QED) is 0.631. The Morgan fingerprint density at radius 3 is 2.35 bits per heavy atom. The van der Waals surface area contributed by atoms with E-state index in [9.17, 15) is 18.3 Å². The summed E-state index contributed by atoms with van der Waals surface area (Å²) in [5.74, 6) is -0.418. The standard InChI is InChI=1S/C18H19F3N2O.C6H13N/c1-17(2)7-5-11-13(22)6-8-23-16(15(11)17)12-4-3-10(9-14(12)24)18(19,20)21;1-7-5-3-2-4-6-7/h3-4,6,9,24H,5,7-8,22H2,1-2H3;2-6H2,1H3. The Kier molecular flexibility index (Phi) is 6.84. The van der Waals surface area contributed by atoms with Crippen LogP contribution in [0.5, 0.6) is 5.75 Å². The van der Waals surface area contributed by atoms with Gasteiger partial charge in [0, 0.05) is 11.3 Å². The molecule has 1 aliphatic carbocycles. The average Bonchev–Trinajstić information content (AvgIpc) is 2.90. The van der Waals surface area contributed by atoms with Crippen molar-refractivity contribution in [3.63, 3.8) is 0 Å². The first kappa shape index (κ1) is 23.4. The van der Waals surface area contributed by atoms with Crippen LogP contribution in [0.1, 0.15) is 57.1 Å². The molecule has 1 aromatic carbocycles. The lowest BCUT2D eigenvalue weighted by Crippen LogP contribution is -2.24. The van der Waals surface area contributed by atoms with Gasteiger partial charge in [-0.3, -0.25) is 4.99 Å². The van der Waals surface area contributed by atoms with Crippen LogP contribution in [0.3, 0.4) is 0 Å². The maximum Gasteiger partial charge on any atom is 0.416 e. The van der Waals surface area contributed by atoms with E-state index >= 15 is 0 Å². The van der Waals surface area contributed by atoms with Gasteiger partial charge in [-0.25, -0.2) is 0 Å². The second-order valence-corrected chi connectivity index (χ2v) is 9.18. The molecule has 0 radical (unpaired) electrons. The Labute approximate surface area is 182 Å². The lowest BCUT2D eigenvalue weighted by molar-refractivity contribution is -0.137. The number of hydrogen-bond acceptors (Lipinski definition) is 4.